The van der Waals surface area contributed by atoms with Gasteiger partial charge in [-0.2, -0.15) is 10.1 Å². The van der Waals surface area contributed by atoms with Crippen LogP contribution in [-0.4, -0.2) is 24.7 Å². The van der Waals surface area contributed by atoms with Gasteiger partial charge in [0.15, 0.2) is 11.2 Å². The average molecular weight is 516 g/mol. The van der Waals surface area contributed by atoms with Gasteiger partial charge in [-0.1, -0.05) is 24.3 Å². The number of nitrogens with zero attached hydrogens (tertiary/aromatic N) is 6. The first-order valence-electron chi connectivity index (χ1n) is 11.4. The molecule has 0 N–H and O–H groups in total. The van der Waals surface area contributed by atoms with Crippen LogP contribution >= 0.6 is 0 Å². The Hall–Kier alpha value is -5.13. The maximum atomic E-state index is 13.4. The molecule has 0 radical (unpaired) electrons. The number of carbonyl (C=O) groups is 1. The molecule has 0 fully saturated rings. The van der Waals surface area contributed by atoms with Gasteiger partial charge in [-0.15, -0.1) is 5.11 Å². The highest BCUT2D eigenvalue weighted by molar-refractivity contribution is 5.88. The predicted molar refractivity (Wildman–Crippen MR) is 134 cm³/mol. The van der Waals surface area contributed by atoms with E-state index in [1.54, 1.807) is 47.0 Å². The van der Waals surface area contributed by atoms with Gasteiger partial charge in [-0.25, -0.2) is 14.0 Å². The molecule has 38 heavy (non-hydrogen) atoms. The van der Waals surface area contributed by atoms with Crippen molar-refractivity contribution in [3.8, 4) is 5.75 Å². The van der Waals surface area contributed by atoms with Crippen LogP contribution in [0.3, 0.4) is 0 Å². The average Bonchev–Trinajstić information content (AvgIpc) is 3.58. The van der Waals surface area contributed by atoms with Crippen molar-refractivity contribution in [1.82, 2.24) is 18.7 Å². The lowest BCUT2D eigenvalue weighted by Gasteiger charge is -2.08. The summed E-state index contributed by atoms with van der Waals surface area (Å²) < 4.78 is 27.5. The van der Waals surface area contributed by atoms with Crippen LogP contribution in [0.15, 0.2) is 91.2 Å². The quantitative estimate of drug-likeness (QED) is 0.184. The number of halogens is 1. The number of hydrogen-bond acceptors (Lipinski definition) is 8. The number of imidazole rings is 1. The summed E-state index contributed by atoms with van der Waals surface area (Å²) in [4.78, 5) is 41.8. The van der Waals surface area contributed by atoms with E-state index in [9.17, 15) is 18.8 Å². The Balaban J connectivity index is 1.42. The maximum absolute atomic E-state index is 13.4. The monoisotopic (exact) mass is 516 g/mol. The Morgan fingerprint density at radius 1 is 1.00 bits per heavy atom. The summed E-state index contributed by atoms with van der Waals surface area (Å²) in [6.45, 7) is 0.331. The fourth-order valence-corrected chi connectivity index (χ4v) is 3.83. The van der Waals surface area contributed by atoms with E-state index in [1.807, 2.05) is 0 Å². The standard InChI is InChI=1S/C26H21FN6O5/c1-31-22-21(23(34)32(2)26(31)36)33(15-17-5-9-18(27)10-6-17)25(29-22)30-28-14-16-7-11-19(12-8-16)38-24(35)20-4-3-13-37-20/h3-13H,14-15H2,1-2H3. The summed E-state index contributed by atoms with van der Waals surface area (Å²) in [5.74, 6) is -0.442. The second-order valence-electron chi connectivity index (χ2n) is 8.41. The lowest BCUT2D eigenvalue weighted by molar-refractivity contribution is 0.0701. The van der Waals surface area contributed by atoms with Crippen molar-refractivity contribution < 1.29 is 18.3 Å². The topological polar surface area (TPSA) is 126 Å². The smallest absolute Gasteiger partial charge is 0.379 e. The molecule has 2 aromatic carbocycles. The van der Waals surface area contributed by atoms with Crippen LogP contribution in [0.4, 0.5) is 10.3 Å². The number of ether oxygens (including phenoxy) is 1. The fraction of sp³-hybridized carbons (Fsp3) is 0.154. The molecule has 11 nitrogen and oxygen atoms in total. The Labute approximate surface area is 214 Å². The molecule has 0 spiro atoms. The van der Waals surface area contributed by atoms with Crippen molar-refractivity contribution in [3.05, 3.63) is 110 Å². The third-order valence-electron chi connectivity index (χ3n) is 5.85. The van der Waals surface area contributed by atoms with Gasteiger partial charge in [0.25, 0.3) is 11.5 Å². The number of fused-ring (bicyclic) bond motifs is 1. The van der Waals surface area contributed by atoms with E-state index < -0.39 is 17.2 Å². The van der Waals surface area contributed by atoms with E-state index >= 15 is 0 Å². The minimum absolute atomic E-state index is 0.0960. The molecule has 5 rings (SSSR count). The van der Waals surface area contributed by atoms with Crippen molar-refractivity contribution >= 4 is 23.1 Å². The van der Waals surface area contributed by atoms with E-state index in [4.69, 9.17) is 9.15 Å². The number of carbonyl (C=O) groups excluding carboxylic acids is 1. The minimum atomic E-state index is -0.608. The highest BCUT2D eigenvalue weighted by Gasteiger charge is 2.19. The highest BCUT2D eigenvalue weighted by atomic mass is 19.1. The first-order chi connectivity index (χ1) is 18.3. The second kappa shape index (κ2) is 10.1. The third kappa shape index (κ3) is 4.78. The van der Waals surface area contributed by atoms with Crippen molar-refractivity contribution in [3.63, 3.8) is 0 Å². The molecular formula is C26H21FN6O5. The number of azo groups is 1. The number of aromatic nitrogens is 4. The normalized spacial score (nSPS) is 11.4. The highest BCUT2D eigenvalue weighted by Crippen LogP contribution is 2.22. The van der Waals surface area contributed by atoms with Gasteiger partial charge in [0.2, 0.25) is 5.76 Å². The molecule has 0 aliphatic rings. The molecule has 12 heteroatoms. The molecule has 0 amide bonds. The lowest BCUT2D eigenvalue weighted by atomic mass is 10.2. The summed E-state index contributed by atoms with van der Waals surface area (Å²) >= 11 is 0. The third-order valence-corrected chi connectivity index (χ3v) is 5.85. The summed E-state index contributed by atoms with van der Waals surface area (Å²) in [6, 6.07) is 15.6. The molecule has 0 aliphatic carbocycles. The molecule has 0 bridgehead atoms. The molecule has 5 aromatic rings. The van der Waals surface area contributed by atoms with Crippen LogP contribution in [0.5, 0.6) is 5.75 Å². The number of aryl methyl sites for hydroxylation is 1. The lowest BCUT2D eigenvalue weighted by Crippen LogP contribution is -2.37. The van der Waals surface area contributed by atoms with Gasteiger partial charge in [-0.05, 0) is 47.5 Å². The van der Waals surface area contributed by atoms with E-state index in [0.29, 0.717) is 11.3 Å². The van der Waals surface area contributed by atoms with Crippen LogP contribution in [0, 0.1) is 5.82 Å². The molecule has 0 aliphatic heterocycles. The Kier molecular flexibility index (Phi) is 6.52. The largest absolute Gasteiger partial charge is 0.457 e. The van der Waals surface area contributed by atoms with E-state index in [2.05, 4.69) is 15.2 Å². The zero-order valence-electron chi connectivity index (χ0n) is 20.4. The van der Waals surface area contributed by atoms with Gasteiger partial charge in [0, 0.05) is 14.1 Å². The molecule has 0 saturated heterocycles. The Morgan fingerprint density at radius 2 is 1.71 bits per heavy atom. The van der Waals surface area contributed by atoms with Crippen LogP contribution in [-0.2, 0) is 27.2 Å². The molecule has 0 saturated carbocycles. The first-order valence-corrected chi connectivity index (χ1v) is 11.4. The zero-order chi connectivity index (χ0) is 26.8. The first kappa shape index (κ1) is 24.6. The molecule has 192 valence electrons. The van der Waals surface area contributed by atoms with Crippen LogP contribution < -0.4 is 16.0 Å². The van der Waals surface area contributed by atoms with E-state index in [0.717, 1.165) is 10.1 Å². The maximum Gasteiger partial charge on any atom is 0.379 e. The molecule has 0 atom stereocenters. The van der Waals surface area contributed by atoms with Crippen molar-refractivity contribution in [1.29, 1.82) is 0 Å². The minimum Gasteiger partial charge on any atom is -0.457 e. The van der Waals surface area contributed by atoms with E-state index in [-0.39, 0.29) is 41.8 Å². The van der Waals surface area contributed by atoms with Gasteiger partial charge >= 0.3 is 11.7 Å². The molecule has 0 unspecified atom stereocenters. The number of esters is 1. The Morgan fingerprint density at radius 3 is 2.39 bits per heavy atom. The zero-order valence-corrected chi connectivity index (χ0v) is 20.4. The molecule has 3 heterocycles. The van der Waals surface area contributed by atoms with Crippen LogP contribution in [0.2, 0.25) is 0 Å². The number of furan rings is 1. The summed E-state index contributed by atoms with van der Waals surface area (Å²) in [6.07, 6.45) is 1.39. The van der Waals surface area contributed by atoms with E-state index in [1.165, 1.54) is 43.1 Å². The SMILES string of the molecule is Cn1c(=O)c2c(nc(N=NCc3ccc(OC(=O)c4ccco4)cc3)n2Cc2ccc(F)cc2)n(C)c1=O. The fourth-order valence-electron chi connectivity index (χ4n) is 3.83. The summed E-state index contributed by atoms with van der Waals surface area (Å²) in [7, 11) is 2.90. The molecular weight excluding hydrogens is 495 g/mol. The predicted octanol–water partition coefficient (Wildman–Crippen LogP) is 3.72. The van der Waals surface area contributed by atoms with Crippen LogP contribution in [0.1, 0.15) is 21.7 Å². The number of benzene rings is 2. The summed E-state index contributed by atoms with van der Waals surface area (Å²) in [5.41, 5.74) is 0.769. The van der Waals surface area contributed by atoms with Crippen LogP contribution in [0.25, 0.3) is 11.2 Å². The molecule has 3 aromatic heterocycles. The van der Waals surface area contributed by atoms with Crippen molar-refractivity contribution in [2.75, 3.05) is 0 Å². The van der Waals surface area contributed by atoms with Gasteiger partial charge in [0.1, 0.15) is 11.6 Å². The van der Waals surface area contributed by atoms with Gasteiger partial charge in [-0.3, -0.25) is 18.5 Å². The summed E-state index contributed by atoms with van der Waals surface area (Å²) in [5, 5.41) is 8.46. The Bertz CT molecular complexity index is 1760. The van der Waals surface area contributed by atoms with Crippen molar-refractivity contribution in [2.45, 2.75) is 13.1 Å². The van der Waals surface area contributed by atoms with Gasteiger partial charge < -0.3 is 9.15 Å². The van der Waals surface area contributed by atoms with Gasteiger partial charge in [0.05, 0.1) is 19.4 Å². The number of hydrogen-bond donors (Lipinski definition) is 0. The number of rotatable bonds is 7. The second-order valence-corrected chi connectivity index (χ2v) is 8.41. The van der Waals surface area contributed by atoms with Crippen molar-refractivity contribution in [2.24, 2.45) is 24.3 Å².